The molecule has 0 unspecified atom stereocenters. The maximum Gasteiger partial charge on any atom is 0.318 e. The van der Waals surface area contributed by atoms with Gasteiger partial charge in [0, 0.05) is 0 Å². The molecule has 0 aliphatic heterocycles. The first kappa shape index (κ1) is 13.1. The van der Waals surface area contributed by atoms with E-state index in [2.05, 4.69) is 9.97 Å². The summed E-state index contributed by atoms with van der Waals surface area (Å²) in [4.78, 5) is 7.38. The molecular formula is C13H14FN3O2. The number of hydrogen-bond acceptors (Lipinski definition) is 5. The van der Waals surface area contributed by atoms with Crippen LogP contribution in [-0.2, 0) is 6.61 Å². The average molecular weight is 263 g/mol. The summed E-state index contributed by atoms with van der Waals surface area (Å²) in [6, 6.07) is 7.51. The van der Waals surface area contributed by atoms with E-state index in [0.29, 0.717) is 6.61 Å². The molecule has 1 aromatic carbocycles. The fourth-order valence-corrected chi connectivity index (χ4v) is 1.47. The van der Waals surface area contributed by atoms with Crippen LogP contribution < -0.4 is 15.2 Å². The molecule has 2 rings (SSSR count). The molecule has 0 saturated carbocycles. The van der Waals surface area contributed by atoms with Crippen LogP contribution in [0.15, 0.2) is 30.5 Å². The minimum absolute atomic E-state index is 0.0423. The van der Waals surface area contributed by atoms with E-state index in [-0.39, 0.29) is 18.4 Å². The van der Waals surface area contributed by atoms with Crippen molar-refractivity contribution in [1.29, 1.82) is 0 Å². The van der Waals surface area contributed by atoms with Crippen molar-refractivity contribution in [2.75, 3.05) is 12.3 Å². The van der Waals surface area contributed by atoms with E-state index < -0.39 is 5.82 Å². The van der Waals surface area contributed by atoms with E-state index in [0.717, 1.165) is 17.5 Å². The lowest BCUT2D eigenvalue weighted by Crippen LogP contribution is -2.03. The second-order valence-corrected chi connectivity index (χ2v) is 3.75. The van der Waals surface area contributed by atoms with Gasteiger partial charge in [-0.25, -0.2) is 9.37 Å². The zero-order valence-electron chi connectivity index (χ0n) is 10.5. The summed E-state index contributed by atoms with van der Waals surface area (Å²) in [7, 11) is 0. The van der Waals surface area contributed by atoms with Gasteiger partial charge in [0.05, 0.1) is 12.8 Å². The Balaban J connectivity index is 2.01. The van der Waals surface area contributed by atoms with Crippen LogP contribution in [0.3, 0.4) is 0 Å². The first-order valence-electron chi connectivity index (χ1n) is 5.81. The number of benzene rings is 1. The number of ether oxygens (including phenoxy) is 2. The summed E-state index contributed by atoms with van der Waals surface area (Å²) in [5.74, 6) is -0.123. The molecule has 0 aliphatic carbocycles. The van der Waals surface area contributed by atoms with E-state index >= 15 is 0 Å². The number of anilines is 1. The molecule has 1 heterocycles. The van der Waals surface area contributed by atoms with Crippen molar-refractivity contribution >= 4 is 5.82 Å². The third-order valence-electron chi connectivity index (χ3n) is 2.33. The fraction of sp³-hybridized carbons (Fsp3) is 0.231. The molecule has 0 saturated heterocycles. The van der Waals surface area contributed by atoms with Gasteiger partial charge in [-0.3, -0.25) is 0 Å². The van der Waals surface area contributed by atoms with Crippen LogP contribution in [0.5, 0.6) is 11.8 Å². The van der Waals surface area contributed by atoms with Crippen LogP contribution in [0.1, 0.15) is 12.5 Å². The van der Waals surface area contributed by atoms with Gasteiger partial charge in [-0.05, 0) is 24.6 Å². The van der Waals surface area contributed by atoms with Crippen LogP contribution in [0.25, 0.3) is 0 Å². The smallest absolute Gasteiger partial charge is 0.318 e. The zero-order valence-corrected chi connectivity index (χ0v) is 10.5. The Kier molecular flexibility index (Phi) is 4.12. The van der Waals surface area contributed by atoms with Crippen molar-refractivity contribution in [2.24, 2.45) is 0 Å². The van der Waals surface area contributed by atoms with Gasteiger partial charge in [-0.15, -0.1) is 0 Å². The standard InChI is InChI=1S/C13H14FN3O2/c1-2-18-10-5-3-4-9(6-10)8-19-13-16-7-11(14)12(15)17-13/h3-7H,2,8H2,1H3,(H2,15,16,17). The highest BCUT2D eigenvalue weighted by atomic mass is 19.1. The highest BCUT2D eigenvalue weighted by molar-refractivity contribution is 5.30. The summed E-state index contributed by atoms with van der Waals surface area (Å²) in [6.07, 6.45) is 0.980. The topological polar surface area (TPSA) is 70.3 Å². The fourth-order valence-electron chi connectivity index (χ4n) is 1.47. The number of hydrogen-bond donors (Lipinski definition) is 1. The molecule has 0 amide bonds. The van der Waals surface area contributed by atoms with Gasteiger partial charge in [0.25, 0.3) is 0 Å². The quantitative estimate of drug-likeness (QED) is 0.895. The van der Waals surface area contributed by atoms with Gasteiger partial charge >= 0.3 is 6.01 Å². The molecule has 6 heteroatoms. The van der Waals surface area contributed by atoms with Crippen molar-refractivity contribution < 1.29 is 13.9 Å². The van der Waals surface area contributed by atoms with E-state index in [1.165, 1.54) is 0 Å². The molecule has 0 aliphatic rings. The lowest BCUT2D eigenvalue weighted by Gasteiger charge is -2.07. The first-order chi connectivity index (χ1) is 9.19. The molecule has 2 N–H and O–H groups in total. The average Bonchev–Trinajstić information content (AvgIpc) is 2.41. The molecule has 0 radical (unpaired) electrons. The Labute approximate surface area is 110 Å². The van der Waals surface area contributed by atoms with Crippen molar-refractivity contribution in [2.45, 2.75) is 13.5 Å². The van der Waals surface area contributed by atoms with Gasteiger partial charge in [-0.2, -0.15) is 4.98 Å². The third-order valence-corrected chi connectivity index (χ3v) is 2.33. The molecule has 0 bridgehead atoms. The second kappa shape index (κ2) is 5.99. The zero-order chi connectivity index (χ0) is 13.7. The maximum atomic E-state index is 12.9. The molecule has 1 aromatic heterocycles. The van der Waals surface area contributed by atoms with Crippen molar-refractivity contribution in [3.8, 4) is 11.8 Å². The van der Waals surface area contributed by atoms with Gasteiger partial charge in [0.1, 0.15) is 12.4 Å². The van der Waals surface area contributed by atoms with Crippen LogP contribution in [-0.4, -0.2) is 16.6 Å². The van der Waals surface area contributed by atoms with Crippen LogP contribution >= 0.6 is 0 Å². The van der Waals surface area contributed by atoms with Crippen LogP contribution in [0.2, 0.25) is 0 Å². The van der Waals surface area contributed by atoms with Crippen molar-refractivity contribution in [3.63, 3.8) is 0 Å². The SMILES string of the molecule is CCOc1cccc(COc2ncc(F)c(N)n2)c1. The molecule has 19 heavy (non-hydrogen) atoms. The number of rotatable bonds is 5. The van der Waals surface area contributed by atoms with Gasteiger partial charge in [-0.1, -0.05) is 12.1 Å². The van der Waals surface area contributed by atoms with E-state index in [1.54, 1.807) is 0 Å². The summed E-state index contributed by atoms with van der Waals surface area (Å²) < 4.78 is 23.6. The monoisotopic (exact) mass is 263 g/mol. The Morgan fingerprint density at radius 1 is 1.32 bits per heavy atom. The minimum Gasteiger partial charge on any atom is -0.494 e. The van der Waals surface area contributed by atoms with Crippen LogP contribution in [0.4, 0.5) is 10.2 Å². The summed E-state index contributed by atoms with van der Waals surface area (Å²) in [5, 5.41) is 0. The lowest BCUT2D eigenvalue weighted by molar-refractivity contribution is 0.278. The number of nitrogens with two attached hydrogens (primary N) is 1. The highest BCUT2D eigenvalue weighted by Gasteiger charge is 2.05. The number of halogens is 1. The number of aromatic nitrogens is 2. The Morgan fingerprint density at radius 2 is 2.16 bits per heavy atom. The van der Waals surface area contributed by atoms with Crippen molar-refractivity contribution in [1.82, 2.24) is 9.97 Å². The predicted octanol–water partition coefficient (Wildman–Crippen LogP) is 2.18. The van der Waals surface area contributed by atoms with Gasteiger partial charge in [0.2, 0.25) is 0 Å². The van der Waals surface area contributed by atoms with Crippen molar-refractivity contribution in [3.05, 3.63) is 41.8 Å². The molecule has 5 nitrogen and oxygen atoms in total. The third kappa shape index (κ3) is 3.54. The lowest BCUT2D eigenvalue weighted by atomic mass is 10.2. The summed E-state index contributed by atoms with van der Waals surface area (Å²) >= 11 is 0. The molecule has 2 aromatic rings. The van der Waals surface area contributed by atoms with Gasteiger partial charge in [0.15, 0.2) is 11.6 Å². The Bertz CT molecular complexity index is 563. The maximum absolute atomic E-state index is 12.9. The van der Waals surface area contributed by atoms with Gasteiger partial charge < -0.3 is 15.2 Å². The number of nitrogen functional groups attached to an aromatic ring is 1. The Morgan fingerprint density at radius 3 is 2.89 bits per heavy atom. The molecule has 100 valence electrons. The number of nitrogens with zero attached hydrogens (tertiary/aromatic N) is 2. The largest absolute Gasteiger partial charge is 0.494 e. The highest BCUT2D eigenvalue weighted by Crippen LogP contribution is 2.15. The van der Waals surface area contributed by atoms with E-state index in [4.69, 9.17) is 15.2 Å². The first-order valence-corrected chi connectivity index (χ1v) is 5.81. The summed E-state index contributed by atoms with van der Waals surface area (Å²) in [6.45, 7) is 2.77. The molecule has 0 spiro atoms. The normalized spacial score (nSPS) is 10.2. The Hall–Kier alpha value is -2.37. The summed E-state index contributed by atoms with van der Waals surface area (Å²) in [5.41, 5.74) is 6.23. The predicted molar refractivity (Wildman–Crippen MR) is 68.3 cm³/mol. The molecule has 0 fully saturated rings. The molecule has 0 atom stereocenters. The van der Waals surface area contributed by atoms with E-state index in [9.17, 15) is 4.39 Å². The minimum atomic E-state index is -0.661. The molecular weight excluding hydrogens is 249 g/mol. The van der Waals surface area contributed by atoms with Crippen LogP contribution in [0, 0.1) is 5.82 Å². The van der Waals surface area contributed by atoms with E-state index in [1.807, 2.05) is 31.2 Å². The second-order valence-electron chi connectivity index (χ2n) is 3.75.